The van der Waals surface area contributed by atoms with Gasteiger partial charge < -0.3 is 10.6 Å². The van der Waals surface area contributed by atoms with Gasteiger partial charge in [0.15, 0.2) is 0 Å². The van der Waals surface area contributed by atoms with Gasteiger partial charge in [0.2, 0.25) is 5.95 Å². The normalized spacial score (nSPS) is 15.4. The number of rotatable bonds is 4. The summed E-state index contributed by atoms with van der Waals surface area (Å²) in [7, 11) is 1.98. The van der Waals surface area contributed by atoms with Crippen molar-refractivity contribution < 1.29 is 0 Å². The molecule has 1 heterocycles. The molecule has 1 aromatic rings. The summed E-state index contributed by atoms with van der Waals surface area (Å²) in [6.45, 7) is 3.51. The van der Waals surface area contributed by atoms with Crippen molar-refractivity contribution in [2.24, 2.45) is 5.73 Å². The maximum Gasteiger partial charge on any atom is 0.225 e. The van der Waals surface area contributed by atoms with E-state index in [-0.39, 0.29) is 0 Å². The van der Waals surface area contributed by atoms with Crippen molar-refractivity contribution in [3.8, 4) is 0 Å². The lowest BCUT2D eigenvalue weighted by Gasteiger charge is -2.17. The largest absolute Gasteiger partial charge is 0.343 e. The Hall–Kier alpha value is -1.16. The van der Waals surface area contributed by atoms with E-state index in [0.29, 0.717) is 12.5 Å². The van der Waals surface area contributed by atoms with Gasteiger partial charge >= 0.3 is 0 Å². The molecular weight excluding hydrogens is 188 g/mol. The van der Waals surface area contributed by atoms with E-state index in [1.807, 2.05) is 18.1 Å². The number of aryl methyl sites for hydroxylation is 1. The second kappa shape index (κ2) is 4.14. The van der Waals surface area contributed by atoms with E-state index < -0.39 is 0 Å². The summed E-state index contributed by atoms with van der Waals surface area (Å²) in [5, 5.41) is 0. The number of hydrogen-bond donors (Lipinski definition) is 1. The fourth-order valence-electron chi connectivity index (χ4n) is 1.69. The van der Waals surface area contributed by atoms with E-state index in [2.05, 4.69) is 16.9 Å². The topological polar surface area (TPSA) is 55.0 Å². The van der Waals surface area contributed by atoms with E-state index in [0.717, 1.165) is 12.5 Å². The van der Waals surface area contributed by atoms with Gasteiger partial charge in [-0.15, -0.1) is 0 Å². The molecular formula is C11H18N4. The Balaban J connectivity index is 2.21. The van der Waals surface area contributed by atoms with Gasteiger partial charge in [-0.25, -0.2) is 9.97 Å². The first-order valence-corrected chi connectivity index (χ1v) is 5.47. The zero-order valence-electron chi connectivity index (χ0n) is 9.40. The predicted molar refractivity (Wildman–Crippen MR) is 61.1 cm³/mol. The Bertz CT molecular complexity index is 346. The monoisotopic (exact) mass is 206 g/mol. The van der Waals surface area contributed by atoms with Crippen molar-refractivity contribution in [1.29, 1.82) is 0 Å². The highest BCUT2D eigenvalue weighted by Gasteiger charge is 2.27. The second-order valence-corrected chi connectivity index (χ2v) is 4.22. The third-order valence-corrected chi connectivity index (χ3v) is 2.77. The average Bonchev–Trinajstić information content (AvgIpc) is 3.02. The van der Waals surface area contributed by atoms with Crippen LogP contribution in [0.2, 0.25) is 0 Å². The minimum absolute atomic E-state index is 0.631. The van der Waals surface area contributed by atoms with Crippen LogP contribution in [0.4, 0.5) is 5.95 Å². The molecule has 1 saturated carbocycles. The highest BCUT2D eigenvalue weighted by Crippen LogP contribution is 2.40. The molecule has 1 aromatic heterocycles. The summed E-state index contributed by atoms with van der Waals surface area (Å²) < 4.78 is 0. The summed E-state index contributed by atoms with van der Waals surface area (Å²) in [4.78, 5) is 10.9. The van der Waals surface area contributed by atoms with Crippen LogP contribution in [0.1, 0.15) is 30.0 Å². The lowest BCUT2D eigenvalue weighted by Crippen LogP contribution is -2.27. The minimum Gasteiger partial charge on any atom is -0.343 e. The predicted octanol–water partition coefficient (Wildman–Crippen LogP) is 1.06. The van der Waals surface area contributed by atoms with Crippen molar-refractivity contribution in [2.45, 2.75) is 25.7 Å². The molecule has 0 bridgehead atoms. The molecule has 1 fully saturated rings. The zero-order valence-corrected chi connectivity index (χ0v) is 9.40. The lowest BCUT2D eigenvalue weighted by molar-refractivity contribution is 0.827. The maximum absolute atomic E-state index is 5.51. The summed E-state index contributed by atoms with van der Waals surface area (Å²) in [5.74, 6) is 1.48. The third kappa shape index (κ3) is 2.26. The summed E-state index contributed by atoms with van der Waals surface area (Å²) >= 11 is 0. The quantitative estimate of drug-likeness (QED) is 0.800. The van der Waals surface area contributed by atoms with Crippen molar-refractivity contribution in [3.05, 3.63) is 17.5 Å². The molecule has 0 aromatic carbocycles. The molecule has 0 radical (unpaired) electrons. The fraction of sp³-hybridized carbons (Fsp3) is 0.636. The van der Waals surface area contributed by atoms with Crippen LogP contribution in [-0.4, -0.2) is 30.1 Å². The Labute approximate surface area is 90.5 Å². The SMILES string of the molecule is Cc1cnc(N(C)CCN)nc1C1CC1. The number of hydrogen-bond acceptors (Lipinski definition) is 4. The summed E-state index contributed by atoms with van der Waals surface area (Å²) in [6, 6.07) is 0. The van der Waals surface area contributed by atoms with Crippen LogP contribution in [0.3, 0.4) is 0 Å². The van der Waals surface area contributed by atoms with Gasteiger partial charge in [0.1, 0.15) is 0 Å². The molecule has 2 rings (SSSR count). The zero-order chi connectivity index (χ0) is 10.8. The number of likely N-dealkylation sites (N-methyl/N-ethyl adjacent to an activating group) is 1. The fourth-order valence-corrected chi connectivity index (χ4v) is 1.69. The second-order valence-electron chi connectivity index (χ2n) is 4.22. The van der Waals surface area contributed by atoms with Gasteiger partial charge in [0.05, 0.1) is 5.69 Å². The minimum atomic E-state index is 0.631. The van der Waals surface area contributed by atoms with Crippen LogP contribution in [-0.2, 0) is 0 Å². The average molecular weight is 206 g/mol. The molecule has 0 amide bonds. The smallest absolute Gasteiger partial charge is 0.225 e. The number of nitrogens with zero attached hydrogens (tertiary/aromatic N) is 3. The van der Waals surface area contributed by atoms with Gasteiger partial charge in [0.25, 0.3) is 0 Å². The van der Waals surface area contributed by atoms with E-state index in [1.54, 1.807) is 0 Å². The Kier molecular flexibility index (Phi) is 2.86. The van der Waals surface area contributed by atoms with Gasteiger partial charge in [-0.3, -0.25) is 0 Å². The van der Waals surface area contributed by atoms with Crippen LogP contribution in [0.25, 0.3) is 0 Å². The van der Waals surface area contributed by atoms with Gasteiger partial charge in [-0.1, -0.05) is 0 Å². The lowest BCUT2D eigenvalue weighted by atomic mass is 10.2. The van der Waals surface area contributed by atoms with Crippen molar-refractivity contribution in [3.63, 3.8) is 0 Å². The van der Waals surface area contributed by atoms with Crippen molar-refractivity contribution >= 4 is 5.95 Å². The summed E-state index contributed by atoms with van der Waals surface area (Å²) in [6.07, 6.45) is 4.47. The van der Waals surface area contributed by atoms with E-state index in [1.165, 1.54) is 24.1 Å². The molecule has 0 unspecified atom stereocenters. The molecule has 1 aliphatic rings. The van der Waals surface area contributed by atoms with Crippen LogP contribution in [0, 0.1) is 6.92 Å². The molecule has 2 N–H and O–H groups in total. The highest BCUT2D eigenvalue weighted by atomic mass is 15.2. The molecule has 15 heavy (non-hydrogen) atoms. The van der Waals surface area contributed by atoms with Crippen molar-refractivity contribution in [2.75, 3.05) is 25.0 Å². The van der Waals surface area contributed by atoms with Gasteiger partial charge in [0, 0.05) is 32.3 Å². The maximum atomic E-state index is 5.51. The molecule has 0 aliphatic heterocycles. The Morgan fingerprint density at radius 1 is 1.53 bits per heavy atom. The highest BCUT2D eigenvalue weighted by molar-refractivity contribution is 5.34. The van der Waals surface area contributed by atoms with Crippen LogP contribution in [0.15, 0.2) is 6.20 Å². The first kappa shape index (κ1) is 10.4. The Morgan fingerprint density at radius 2 is 2.27 bits per heavy atom. The number of aromatic nitrogens is 2. The van der Waals surface area contributed by atoms with Crippen LogP contribution >= 0.6 is 0 Å². The van der Waals surface area contributed by atoms with E-state index in [9.17, 15) is 0 Å². The molecule has 4 heteroatoms. The standard InChI is InChI=1S/C11H18N4/c1-8-7-13-11(15(2)6-5-12)14-10(8)9-3-4-9/h7,9H,3-6,12H2,1-2H3. The van der Waals surface area contributed by atoms with Crippen LogP contribution in [0.5, 0.6) is 0 Å². The number of anilines is 1. The van der Waals surface area contributed by atoms with E-state index >= 15 is 0 Å². The van der Waals surface area contributed by atoms with Crippen molar-refractivity contribution in [1.82, 2.24) is 9.97 Å². The molecule has 0 spiro atoms. The van der Waals surface area contributed by atoms with Gasteiger partial charge in [-0.05, 0) is 25.3 Å². The number of nitrogens with two attached hydrogens (primary N) is 1. The Morgan fingerprint density at radius 3 is 2.87 bits per heavy atom. The third-order valence-electron chi connectivity index (χ3n) is 2.77. The molecule has 82 valence electrons. The molecule has 0 saturated heterocycles. The summed E-state index contributed by atoms with van der Waals surface area (Å²) in [5.41, 5.74) is 7.95. The molecule has 4 nitrogen and oxygen atoms in total. The van der Waals surface area contributed by atoms with E-state index in [4.69, 9.17) is 5.73 Å². The van der Waals surface area contributed by atoms with Crippen LogP contribution < -0.4 is 10.6 Å². The first-order valence-electron chi connectivity index (χ1n) is 5.47. The van der Waals surface area contributed by atoms with Gasteiger partial charge in [-0.2, -0.15) is 0 Å². The molecule has 0 atom stereocenters. The molecule has 1 aliphatic carbocycles. The first-order chi connectivity index (χ1) is 7.22.